The minimum absolute atomic E-state index is 0.0195. The van der Waals surface area contributed by atoms with Gasteiger partial charge in [0.2, 0.25) is 11.6 Å². The molecule has 2 aromatic carbocycles. The van der Waals surface area contributed by atoms with E-state index in [9.17, 15) is 34.3 Å². The van der Waals surface area contributed by atoms with Crippen LogP contribution in [0.15, 0.2) is 70.7 Å². The minimum Gasteiger partial charge on any atom is -0.494 e. The molecule has 11 nitrogen and oxygen atoms in total. The number of hydrogen-bond donors (Lipinski definition) is 1. The minimum atomic E-state index is -1.42. The number of ether oxygens (including phenoxy) is 2. The maximum absolute atomic E-state index is 14.2. The Balaban J connectivity index is 1.44. The molecule has 0 bridgehead atoms. The van der Waals surface area contributed by atoms with Crippen molar-refractivity contribution < 1.29 is 33.8 Å². The van der Waals surface area contributed by atoms with Crippen LogP contribution in [0, 0.1) is 30.7 Å². The van der Waals surface area contributed by atoms with Gasteiger partial charge in [-0.3, -0.25) is 9.59 Å². The molecule has 4 rings (SSSR count). The van der Waals surface area contributed by atoms with E-state index in [1.165, 1.54) is 126 Å². The zero-order valence-electron chi connectivity index (χ0n) is 42.1. The molecule has 380 valence electrons. The van der Waals surface area contributed by atoms with Crippen LogP contribution in [0.25, 0.3) is 16.6 Å². The maximum atomic E-state index is 14.2. The van der Waals surface area contributed by atoms with Gasteiger partial charge in [0, 0.05) is 16.5 Å². The molecule has 2 unspecified atom stereocenters. The van der Waals surface area contributed by atoms with Crippen LogP contribution in [0.4, 0.5) is 0 Å². The number of halogens is 2. The second-order valence-corrected chi connectivity index (χ2v) is 19.3. The quantitative estimate of drug-likeness (QED) is 0.0226. The summed E-state index contributed by atoms with van der Waals surface area (Å²) >= 11 is 13.2. The topological polar surface area (TPSA) is 157 Å². The number of benzene rings is 2. The van der Waals surface area contributed by atoms with Gasteiger partial charge < -0.3 is 19.4 Å². The van der Waals surface area contributed by atoms with E-state index in [1.807, 2.05) is 6.07 Å². The van der Waals surface area contributed by atoms with E-state index >= 15 is 0 Å². The van der Waals surface area contributed by atoms with Crippen molar-refractivity contribution in [3.05, 3.63) is 131 Å². The van der Waals surface area contributed by atoms with Gasteiger partial charge in [-0.1, -0.05) is 183 Å². The van der Waals surface area contributed by atoms with Gasteiger partial charge in [-0.25, -0.2) is 19.0 Å². The number of unbranched alkanes of at least 4 members (excludes halogenated alkanes) is 18. The third-order valence-corrected chi connectivity index (χ3v) is 13.9. The third-order valence-electron chi connectivity index (χ3n) is 13.2. The number of carbonyl (C=O) groups excluding carboxylic acids is 4. The Hall–Kier alpha value is -5.75. The van der Waals surface area contributed by atoms with Gasteiger partial charge in [-0.05, 0) is 79.8 Å². The zero-order chi connectivity index (χ0) is 51.7. The normalized spacial score (nSPS) is 14.9. The van der Waals surface area contributed by atoms with Crippen molar-refractivity contribution in [1.29, 1.82) is 5.26 Å². The summed E-state index contributed by atoms with van der Waals surface area (Å²) in [6, 6.07) is 10.5. The van der Waals surface area contributed by atoms with Crippen LogP contribution in [-0.2, 0) is 19.1 Å². The molecular formula is C58H71Cl2N3O8. The van der Waals surface area contributed by atoms with Crippen LogP contribution in [0.5, 0.6) is 5.88 Å². The Labute approximate surface area is 430 Å². The largest absolute Gasteiger partial charge is 0.494 e. The highest BCUT2D eigenvalue weighted by Gasteiger charge is 2.43. The predicted octanol–water partition coefficient (Wildman–Crippen LogP) is 14.9. The summed E-state index contributed by atoms with van der Waals surface area (Å²) in [5.41, 5.74) is -0.271. The average molecular weight is 1010 g/mol. The summed E-state index contributed by atoms with van der Waals surface area (Å²) < 4.78 is 12.0. The standard InChI is InChI=1S/C58H71Cl2N3O8/c1-6-8-10-12-14-16-18-20-22-27-35-70-57(68)42-31-33-48(59)46(37-42)51-53(64)44(41(4)52(62-5)54(51)65)29-25-24-26-30-45-40(3)47(39-61)56(67)63(55(45)66)50-38-43(32-34-49(50)60)58(69)71-36-28-23-21-19-17-15-13-11-9-7-2/h24-26,30-34,37-38,44,51,66H,6-23,27-29,35-36H2,1-4H3. The fourth-order valence-electron chi connectivity index (χ4n) is 8.94. The molecule has 71 heavy (non-hydrogen) atoms. The Kier molecular flexibility index (Phi) is 25.1. The summed E-state index contributed by atoms with van der Waals surface area (Å²) in [5.74, 6) is -5.21. The summed E-state index contributed by atoms with van der Waals surface area (Å²) in [4.78, 5) is 71.3. The van der Waals surface area contributed by atoms with E-state index in [2.05, 4.69) is 18.7 Å². The first-order chi connectivity index (χ1) is 34.3. The molecular weight excluding hydrogens is 938 g/mol. The second-order valence-electron chi connectivity index (χ2n) is 18.4. The summed E-state index contributed by atoms with van der Waals surface area (Å²) in [5, 5.41) is 21.8. The summed E-state index contributed by atoms with van der Waals surface area (Å²) in [6.45, 7) is 15.8. The fourth-order valence-corrected chi connectivity index (χ4v) is 9.37. The molecule has 1 heterocycles. The first kappa shape index (κ1) is 57.8. The lowest BCUT2D eigenvalue weighted by molar-refractivity contribution is -0.130. The number of aromatic hydroxyl groups is 1. The summed E-state index contributed by atoms with van der Waals surface area (Å²) in [7, 11) is 0. The number of esters is 2. The van der Waals surface area contributed by atoms with Crippen LogP contribution in [0.2, 0.25) is 10.0 Å². The SMILES string of the molecule is [C-]#[N+]C1=C(C)C(CC=CC=Cc2c(C)c(C#N)c(=O)n(-c3cc(C(=O)OCCCCCCCCCCCC)ccc3Cl)c2O)C(=O)C(c2cc(C(=O)OCCCCCCCCCCCC)ccc2Cl)C1=O. The Morgan fingerprint density at radius 2 is 1.24 bits per heavy atom. The number of nitriles is 1. The van der Waals surface area contributed by atoms with E-state index < -0.39 is 46.8 Å². The molecule has 0 spiro atoms. The van der Waals surface area contributed by atoms with Crippen LogP contribution < -0.4 is 5.56 Å². The van der Waals surface area contributed by atoms with Crippen molar-refractivity contribution >= 4 is 52.8 Å². The molecule has 1 aromatic heterocycles. The predicted molar refractivity (Wildman–Crippen MR) is 282 cm³/mol. The number of ketones is 2. The van der Waals surface area contributed by atoms with Crippen LogP contribution in [0.1, 0.15) is 204 Å². The lowest BCUT2D eigenvalue weighted by Gasteiger charge is -2.28. The molecule has 0 aliphatic heterocycles. The van der Waals surface area contributed by atoms with E-state index in [-0.39, 0.29) is 74.4 Å². The number of hydrogen-bond acceptors (Lipinski definition) is 9. The lowest BCUT2D eigenvalue weighted by Crippen LogP contribution is -2.35. The monoisotopic (exact) mass is 1010 g/mol. The molecule has 1 N–H and O–H groups in total. The highest BCUT2D eigenvalue weighted by molar-refractivity contribution is 6.33. The first-order valence-electron chi connectivity index (χ1n) is 25.6. The number of carbonyl (C=O) groups is 4. The van der Waals surface area contributed by atoms with Gasteiger partial charge in [0.1, 0.15) is 11.6 Å². The Bertz CT molecular complexity index is 2560. The van der Waals surface area contributed by atoms with E-state index in [0.29, 0.717) is 12.0 Å². The van der Waals surface area contributed by atoms with E-state index in [4.69, 9.17) is 39.2 Å². The Morgan fingerprint density at radius 1 is 0.746 bits per heavy atom. The zero-order valence-corrected chi connectivity index (χ0v) is 43.6. The van der Waals surface area contributed by atoms with Gasteiger partial charge in [-0.2, -0.15) is 5.26 Å². The molecule has 0 amide bonds. The number of aromatic nitrogens is 1. The fraction of sp³-hybridized carbons (Fsp3) is 0.500. The molecule has 0 radical (unpaired) electrons. The number of Topliss-reactive ketones (excluding diaryl/α,β-unsaturated/α-hetero) is 2. The number of rotatable bonds is 30. The van der Waals surface area contributed by atoms with Crippen molar-refractivity contribution in [3.63, 3.8) is 0 Å². The molecule has 1 aliphatic carbocycles. The molecule has 0 fully saturated rings. The first-order valence-corrected chi connectivity index (χ1v) is 26.4. The van der Waals surface area contributed by atoms with Crippen molar-refractivity contribution in [2.45, 2.75) is 168 Å². The molecule has 2 atom stereocenters. The van der Waals surface area contributed by atoms with Gasteiger partial charge in [0.25, 0.3) is 5.56 Å². The molecule has 1 aliphatic rings. The third kappa shape index (κ3) is 16.7. The smallest absolute Gasteiger partial charge is 0.338 e. The highest BCUT2D eigenvalue weighted by Crippen LogP contribution is 2.40. The molecule has 3 aromatic rings. The van der Waals surface area contributed by atoms with Gasteiger partial charge in [-0.15, -0.1) is 0 Å². The van der Waals surface area contributed by atoms with Crippen molar-refractivity contribution in [2.75, 3.05) is 13.2 Å². The maximum Gasteiger partial charge on any atom is 0.338 e. The van der Waals surface area contributed by atoms with Crippen LogP contribution in [0.3, 0.4) is 0 Å². The number of nitrogens with zero attached hydrogens (tertiary/aromatic N) is 3. The van der Waals surface area contributed by atoms with Crippen LogP contribution >= 0.6 is 23.2 Å². The number of allylic oxidation sites excluding steroid dienone is 5. The van der Waals surface area contributed by atoms with Gasteiger partial charge in [0.05, 0.1) is 47.5 Å². The van der Waals surface area contributed by atoms with Crippen LogP contribution in [-0.4, -0.2) is 46.4 Å². The van der Waals surface area contributed by atoms with E-state index in [1.54, 1.807) is 25.2 Å². The Morgan fingerprint density at radius 3 is 1.75 bits per heavy atom. The molecule has 0 saturated carbocycles. The van der Waals surface area contributed by atoms with Gasteiger partial charge >= 0.3 is 11.9 Å². The van der Waals surface area contributed by atoms with Crippen molar-refractivity contribution in [2.24, 2.45) is 5.92 Å². The van der Waals surface area contributed by atoms with Crippen molar-refractivity contribution in [3.8, 4) is 17.6 Å². The number of pyridine rings is 1. The van der Waals surface area contributed by atoms with Gasteiger partial charge in [0.15, 0.2) is 11.6 Å². The molecule has 0 saturated heterocycles. The molecule has 13 heteroatoms. The van der Waals surface area contributed by atoms with Crippen molar-refractivity contribution in [1.82, 2.24) is 4.57 Å². The summed E-state index contributed by atoms with van der Waals surface area (Å²) in [6.07, 6.45) is 29.2. The second kappa shape index (κ2) is 30.9. The van der Waals surface area contributed by atoms with E-state index in [0.717, 1.165) is 49.5 Å². The average Bonchev–Trinajstić information content (AvgIpc) is 3.35. The lowest BCUT2D eigenvalue weighted by atomic mass is 9.73. The highest BCUT2D eigenvalue weighted by atomic mass is 35.5.